The molecule has 3 rings (SSSR count). The van der Waals surface area contributed by atoms with Crippen LogP contribution in [-0.2, 0) is 30.4 Å². The topological polar surface area (TPSA) is 371 Å². The molecule has 2 aromatic carbocycles. The second-order valence-corrected chi connectivity index (χ2v) is 12.1. The summed E-state index contributed by atoms with van der Waals surface area (Å²) in [6.45, 7) is -1.34. The second-order valence-electron chi connectivity index (χ2n) is 12.1. The molecule has 4 bridgehead atoms. The lowest BCUT2D eigenvalue weighted by Gasteiger charge is -2.29. The number of hydrogen-bond donors (Lipinski definition) is 14. The first-order valence-corrected chi connectivity index (χ1v) is 16.1. The predicted octanol–water partition coefficient (Wildman–Crippen LogP) is -4.54. The number of carboxylic acid groups (broad SMARTS) is 1. The maximum Gasteiger partial charge on any atom is 0.328 e. The van der Waals surface area contributed by atoms with Gasteiger partial charge in [-0.15, -0.1) is 0 Å². The number of fused-ring (bicyclic) bond motifs is 5. The van der Waals surface area contributed by atoms with E-state index in [2.05, 4.69) is 26.3 Å². The number of phenols is 2. The Kier molecular flexibility index (Phi) is 14.6. The Bertz CT molecular complexity index is 1650. The van der Waals surface area contributed by atoms with Gasteiger partial charge in [-0.2, -0.15) is 0 Å². The molecule has 0 aromatic heterocycles. The zero-order valence-corrected chi connectivity index (χ0v) is 27.9. The molecule has 0 saturated heterocycles. The quantitative estimate of drug-likeness (QED) is 0.0524. The van der Waals surface area contributed by atoms with Crippen LogP contribution in [0.3, 0.4) is 0 Å². The van der Waals surface area contributed by atoms with E-state index < -0.39 is 90.8 Å². The van der Waals surface area contributed by atoms with Crippen LogP contribution >= 0.6 is 0 Å². The third-order valence-corrected chi connectivity index (χ3v) is 8.22. The lowest BCUT2D eigenvalue weighted by molar-refractivity contribution is -0.143. The zero-order chi connectivity index (χ0) is 38.7. The molecule has 52 heavy (non-hydrogen) atoms. The lowest BCUT2D eigenvalue weighted by atomic mass is 9.94. The molecular weight excluding hydrogens is 686 g/mol. The van der Waals surface area contributed by atoms with Crippen molar-refractivity contribution in [2.75, 3.05) is 19.7 Å². The first-order chi connectivity index (χ1) is 24.6. The molecule has 18 N–H and O–H groups in total. The van der Waals surface area contributed by atoms with Crippen LogP contribution in [0.4, 0.5) is 0 Å². The number of aliphatic hydroxyl groups excluding tert-OH is 3. The molecule has 7 atom stereocenters. The van der Waals surface area contributed by atoms with Gasteiger partial charge in [-0.3, -0.25) is 24.2 Å². The summed E-state index contributed by atoms with van der Waals surface area (Å²) >= 11 is 0. The summed E-state index contributed by atoms with van der Waals surface area (Å²) in [7, 11) is 0. The van der Waals surface area contributed by atoms with Crippen LogP contribution < -0.4 is 44.2 Å². The number of benzene rings is 2. The van der Waals surface area contributed by atoms with E-state index in [4.69, 9.17) is 22.9 Å². The number of nitrogens with zero attached hydrogens (tertiary/aromatic N) is 1. The van der Waals surface area contributed by atoms with Gasteiger partial charge in [0.1, 0.15) is 41.8 Å². The first-order valence-electron chi connectivity index (χ1n) is 16.1. The summed E-state index contributed by atoms with van der Waals surface area (Å²) < 4.78 is 0. The van der Waals surface area contributed by atoms with Gasteiger partial charge in [-0.05, 0) is 53.8 Å². The Labute approximate surface area is 297 Å². The van der Waals surface area contributed by atoms with Gasteiger partial charge in [-0.25, -0.2) is 4.79 Å². The van der Waals surface area contributed by atoms with Crippen LogP contribution in [-0.4, -0.2) is 122 Å². The Morgan fingerprint density at radius 2 is 1.62 bits per heavy atom. The Morgan fingerprint density at radius 3 is 2.23 bits per heavy atom. The van der Waals surface area contributed by atoms with Crippen LogP contribution in [0.15, 0.2) is 41.4 Å². The molecule has 1 aliphatic heterocycles. The molecule has 0 spiro atoms. The van der Waals surface area contributed by atoms with Crippen molar-refractivity contribution in [2.24, 2.45) is 27.9 Å². The summed E-state index contributed by atoms with van der Waals surface area (Å²) in [6.07, 6.45) is -4.18. The Hall–Kier alpha value is -5.54. The van der Waals surface area contributed by atoms with Crippen LogP contribution in [0.25, 0.3) is 11.1 Å². The number of aliphatic carboxylic acids is 1. The van der Waals surface area contributed by atoms with Crippen molar-refractivity contribution in [1.82, 2.24) is 21.3 Å². The van der Waals surface area contributed by atoms with Crippen molar-refractivity contribution in [1.29, 1.82) is 0 Å². The van der Waals surface area contributed by atoms with Crippen LogP contribution in [0.5, 0.6) is 11.5 Å². The Morgan fingerprint density at radius 1 is 0.962 bits per heavy atom. The zero-order valence-electron chi connectivity index (χ0n) is 27.9. The average Bonchev–Trinajstić information content (AvgIpc) is 3.10. The molecule has 20 nitrogen and oxygen atoms in total. The fraction of sp³-hybridized carbons (Fsp3) is 0.438. The monoisotopic (exact) mass is 731 g/mol. The van der Waals surface area contributed by atoms with E-state index in [0.717, 1.165) is 0 Å². The number of aliphatic imine (C=N–C) groups is 1. The maximum absolute atomic E-state index is 14.0. The molecule has 0 fully saturated rings. The van der Waals surface area contributed by atoms with Crippen molar-refractivity contribution in [2.45, 2.75) is 68.1 Å². The van der Waals surface area contributed by atoms with E-state index >= 15 is 0 Å². The number of aliphatic hydroxyl groups is 3. The molecule has 0 saturated carbocycles. The summed E-state index contributed by atoms with van der Waals surface area (Å²) in [5, 5.41) is 71.3. The molecule has 4 amide bonds. The number of nitrogens with one attached hydrogen (secondary N) is 4. The second kappa shape index (κ2) is 18.6. The molecule has 1 aliphatic rings. The van der Waals surface area contributed by atoms with Gasteiger partial charge in [0.15, 0.2) is 5.96 Å². The summed E-state index contributed by atoms with van der Waals surface area (Å²) in [5.74, 6) is -6.78. The highest BCUT2D eigenvalue weighted by atomic mass is 16.4. The molecule has 1 heterocycles. The van der Waals surface area contributed by atoms with Crippen molar-refractivity contribution in [3.63, 3.8) is 0 Å². The Balaban J connectivity index is 2.13. The van der Waals surface area contributed by atoms with Gasteiger partial charge in [0.25, 0.3) is 0 Å². The number of aromatic hydroxyl groups is 2. The van der Waals surface area contributed by atoms with Crippen molar-refractivity contribution >= 4 is 35.6 Å². The normalized spacial score (nSPS) is 20.8. The minimum atomic E-state index is -2.04. The van der Waals surface area contributed by atoms with E-state index in [-0.39, 0.29) is 55.2 Å². The highest BCUT2D eigenvalue weighted by molar-refractivity contribution is 5.96. The fourth-order valence-corrected chi connectivity index (χ4v) is 5.32. The summed E-state index contributed by atoms with van der Waals surface area (Å²) in [4.78, 5) is 69.5. The molecule has 0 radical (unpaired) electrons. The number of phenolic OH excluding ortho intramolecular Hbond substituents is 2. The van der Waals surface area contributed by atoms with E-state index in [1.165, 1.54) is 36.4 Å². The highest BCUT2D eigenvalue weighted by Gasteiger charge is 2.37. The van der Waals surface area contributed by atoms with E-state index in [1.807, 2.05) is 0 Å². The van der Waals surface area contributed by atoms with Gasteiger partial charge in [0, 0.05) is 31.5 Å². The minimum Gasteiger partial charge on any atom is -0.508 e. The van der Waals surface area contributed by atoms with Crippen LogP contribution in [0, 0.1) is 0 Å². The van der Waals surface area contributed by atoms with Crippen molar-refractivity contribution in [3.8, 4) is 22.6 Å². The number of carboxylic acids is 1. The van der Waals surface area contributed by atoms with Crippen LogP contribution in [0.2, 0.25) is 0 Å². The summed E-state index contributed by atoms with van der Waals surface area (Å²) in [5.41, 5.74) is 23.2. The maximum atomic E-state index is 14.0. The molecule has 20 heteroatoms. The predicted molar refractivity (Wildman–Crippen MR) is 184 cm³/mol. The molecular formula is C32H45N9O11. The van der Waals surface area contributed by atoms with Gasteiger partial charge in [0.2, 0.25) is 23.6 Å². The SMILES string of the molecule is NCC(O)CC1NC(=O)C(N)Cc2cc(ccc2O)-c2ccc(O)c(c2)C(O)C(C(=O)NC(CCCN=C(N)N)C(=O)NC(CO)C(=O)O)NC1=O. The third kappa shape index (κ3) is 11.0. The highest BCUT2D eigenvalue weighted by Crippen LogP contribution is 2.34. The van der Waals surface area contributed by atoms with E-state index in [9.17, 15) is 54.6 Å². The van der Waals surface area contributed by atoms with E-state index in [1.54, 1.807) is 0 Å². The largest absolute Gasteiger partial charge is 0.508 e. The minimum absolute atomic E-state index is 0.0141. The van der Waals surface area contributed by atoms with Crippen LogP contribution in [0.1, 0.15) is 36.5 Å². The number of nitrogens with two attached hydrogens (primary N) is 4. The average molecular weight is 732 g/mol. The van der Waals surface area contributed by atoms with Gasteiger partial charge >= 0.3 is 5.97 Å². The number of amides is 4. The number of guanidine groups is 1. The van der Waals surface area contributed by atoms with Gasteiger partial charge in [0.05, 0.1) is 18.8 Å². The molecule has 284 valence electrons. The standard InChI is InChI=1S/C32H45N9O11/c33-12-17(43)11-21-29(49)41-25(30(50)38-20(2-1-7-37-32(35)36)28(48)40-22(13-42)31(51)52)26(46)18-9-15(4-6-24(18)45)14-3-5-23(44)16(8-14)10-19(34)27(47)39-21/h3-6,8-9,17,19-22,25-26,42-46H,1-2,7,10-13,33-34H2,(H,38,50)(H,39,47)(H,40,48)(H,41,49)(H,51,52)(H4,35,36,37). The molecule has 7 unspecified atom stereocenters. The summed E-state index contributed by atoms with van der Waals surface area (Å²) in [6, 6.07) is 0.179. The number of carbonyl (C=O) groups is 5. The lowest BCUT2D eigenvalue weighted by Crippen LogP contribution is -2.60. The van der Waals surface area contributed by atoms with Crippen molar-refractivity contribution < 1.29 is 54.6 Å². The fourth-order valence-electron chi connectivity index (χ4n) is 5.32. The van der Waals surface area contributed by atoms with Gasteiger partial charge < -0.3 is 74.8 Å². The van der Waals surface area contributed by atoms with Crippen molar-refractivity contribution in [3.05, 3.63) is 47.5 Å². The smallest absolute Gasteiger partial charge is 0.328 e. The number of carbonyl (C=O) groups excluding carboxylic acids is 4. The number of hydrogen-bond acceptors (Lipinski definition) is 13. The third-order valence-electron chi connectivity index (χ3n) is 8.22. The first kappa shape index (κ1) is 40.9. The molecule has 2 aromatic rings. The van der Waals surface area contributed by atoms with E-state index in [0.29, 0.717) is 11.1 Å². The number of rotatable bonds is 13. The van der Waals surface area contributed by atoms with Gasteiger partial charge in [-0.1, -0.05) is 12.1 Å². The molecule has 0 aliphatic carbocycles.